The Bertz CT molecular complexity index is 1160. The van der Waals surface area contributed by atoms with E-state index < -0.39 is 47.6 Å². The third-order valence-electron chi connectivity index (χ3n) is 5.44. The minimum atomic E-state index is -4.00. The molecule has 1 fully saturated rings. The Morgan fingerprint density at radius 3 is 2.56 bits per heavy atom. The van der Waals surface area contributed by atoms with E-state index in [1.54, 1.807) is 71.0 Å². The number of rotatable bonds is 10. The molecular weight excluding hydrogens is 510 g/mol. The number of thioether (sulfide) groups is 1. The Morgan fingerprint density at radius 1 is 1.28 bits per heavy atom. The van der Waals surface area contributed by atoms with Crippen molar-refractivity contribution in [2.45, 2.75) is 63.6 Å². The quantitative estimate of drug-likeness (QED) is 0.349. The van der Waals surface area contributed by atoms with Crippen molar-refractivity contribution in [3.8, 4) is 5.75 Å². The molecule has 1 saturated heterocycles. The fourth-order valence-electron chi connectivity index (χ4n) is 3.61. The maximum absolute atomic E-state index is 15.0. The van der Waals surface area contributed by atoms with Crippen molar-refractivity contribution in [1.29, 1.82) is 0 Å². The van der Waals surface area contributed by atoms with E-state index in [-0.39, 0.29) is 24.6 Å². The number of halogens is 1. The van der Waals surface area contributed by atoms with Gasteiger partial charge in [-0.3, -0.25) is 13.9 Å². The number of aliphatic hydroxyl groups is 1. The number of carbonyl (C=O) groups is 1. The van der Waals surface area contributed by atoms with E-state index in [4.69, 9.17) is 13.8 Å². The minimum absolute atomic E-state index is 0.270. The lowest BCUT2D eigenvalue weighted by Crippen LogP contribution is -2.35. The summed E-state index contributed by atoms with van der Waals surface area (Å²) in [7, 11) is -4.00. The van der Waals surface area contributed by atoms with Crippen molar-refractivity contribution >= 4 is 25.3 Å². The second-order valence-electron chi connectivity index (χ2n) is 9.57. The molecule has 1 unspecified atom stereocenters. The van der Waals surface area contributed by atoms with Gasteiger partial charge >= 0.3 is 19.3 Å². The number of para-hydroxylation sites is 1. The van der Waals surface area contributed by atoms with Gasteiger partial charge in [-0.1, -0.05) is 18.2 Å². The molecule has 2 heterocycles. The highest BCUT2D eigenvalue weighted by atomic mass is 32.2. The lowest BCUT2D eigenvalue weighted by Gasteiger charge is -2.29. The van der Waals surface area contributed by atoms with E-state index in [0.29, 0.717) is 5.69 Å². The van der Waals surface area contributed by atoms with Crippen LogP contribution >= 0.6 is 19.4 Å². The number of ether oxygens (including phenoxy) is 1. The van der Waals surface area contributed by atoms with Gasteiger partial charge in [-0.2, -0.15) is 4.98 Å². The molecule has 0 spiro atoms. The van der Waals surface area contributed by atoms with Crippen LogP contribution in [0.1, 0.15) is 38.8 Å². The summed E-state index contributed by atoms with van der Waals surface area (Å²) < 4.78 is 46.8. The number of nitrogens with zero attached hydrogens (tertiary/aromatic N) is 2. The number of hydrogen-bond donors (Lipinski definition) is 1. The molecule has 12 heteroatoms. The summed E-state index contributed by atoms with van der Waals surface area (Å²) in [6.07, 6.45) is -2.51. The van der Waals surface area contributed by atoms with Gasteiger partial charge in [0.05, 0.1) is 29.5 Å². The summed E-state index contributed by atoms with van der Waals surface area (Å²) in [4.78, 5) is 28.7. The number of aromatic nitrogens is 2. The van der Waals surface area contributed by atoms with Gasteiger partial charge in [-0.15, -0.1) is 11.8 Å². The molecule has 1 aliphatic heterocycles. The van der Waals surface area contributed by atoms with Crippen molar-refractivity contribution in [2.75, 3.05) is 12.8 Å². The molecule has 1 aromatic heterocycles. The second kappa shape index (κ2) is 11.5. The largest absolute Gasteiger partial charge is 0.463 e. The first-order valence-electron chi connectivity index (χ1n) is 11.5. The maximum atomic E-state index is 15.0. The summed E-state index contributed by atoms with van der Waals surface area (Å²) in [6.45, 7) is 7.88. The Morgan fingerprint density at radius 2 is 1.94 bits per heavy atom. The molecule has 3 rings (SSSR count). The fraction of sp³-hybridized carbons (Fsp3) is 0.542. The lowest BCUT2D eigenvalue weighted by atomic mass is 9.97. The molecule has 0 aliphatic carbocycles. The zero-order valence-electron chi connectivity index (χ0n) is 20.9. The molecule has 0 amide bonds. The van der Waals surface area contributed by atoms with E-state index >= 15 is 0 Å². The summed E-state index contributed by atoms with van der Waals surface area (Å²) in [5.41, 5.74) is -1.36. The Hall–Kier alpha value is -2.20. The molecule has 0 bridgehead atoms. The zero-order chi connectivity index (χ0) is 26.7. The average Bonchev–Trinajstić information content (AvgIpc) is 3.06. The predicted octanol–water partition coefficient (Wildman–Crippen LogP) is 4.13. The smallest absolute Gasteiger partial charge is 0.380 e. The van der Waals surface area contributed by atoms with Crippen LogP contribution in [0.5, 0.6) is 5.75 Å². The highest BCUT2D eigenvalue weighted by molar-refractivity contribution is 8.00. The third-order valence-corrected chi connectivity index (χ3v) is 9.18. The standard InChI is InChI=1S/C24H32FN2O7PS/c1-15(2)33-22(29)24(4,5)14-35(31,34-17-9-7-6-8-10-17)32-13-18-20(28)19(25)21(36-18)27-12-11-16(3)26-23(27)30/h6-12,15,18-21,28H,13-14H2,1-5H3/t18-,19+,20-,21-,35?/m1/s1. The average molecular weight is 543 g/mol. The topological polar surface area (TPSA) is 117 Å². The van der Waals surface area contributed by atoms with Crippen LogP contribution in [0.15, 0.2) is 47.4 Å². The zero-order valence-corrected chi connectivity index (χ0v) is 22.6. The highest BCUT2D eigenvalue weighted by Crippen LogP contribution is 2.54. The lowest BCUT2D eigenvalue weighted by molar-refractivity contribution is -0.156. The maximum Gasteiger partial charge on any atom is 0.380 e. The molecule has 1 aliphatic rings. The van der Waals surface area contributed by atoms with Crippen LogP contribution in [0, 0.1) is 12.3 Å². The van der Waals surface area contributed by atoms with Gasteiger partial charge in [0.1, 0.15) is 17.2 Å². The molecule has 36 heavy (non-hydrogen) atoms. The predicted molar refractivity (Wildman–Crippen MR) is 135 cm³/mol. The Balaban J connectivity index is 1.79. The molecular formula is C24H32FN2O7PS. The Kier molecular flexibility index (Phi) is 9.03. The molecule has 198 valence electrons. The molecule has 1 N–H and O–H groups in total. The summed E-state index contributed by atoms with van der Waals surface area (Å²) in [5.74, 6) is -0.296. The second-order valence-corrected chi connectivity index (χ2v) is 12.9. The normalized spacial score (nSPS) is 23.9. The van der Waals surface area contributed by atoms with Crippen molar-refractivity contribution in [3.63, 3.8) is 0 Å². The molecule has 0 radical (unpaired) electrons. The van der Waals surface area contributed by atoms with Crippen LogP contribution in [0.2, 0.25) is 0 Å². The van der Waals surface area contributed by atoms with Crippen molar-refractivity contribution in [1.82, 2.24) is 9.55 Å². The fourth-order valence-corrected chi connectivity index (χ4v) is 7.27. The molecule has 0 saturated carbocycles. The van der Waals surface area contributed by atoms with Crippen LogP contribution in [-0.2, 0) is 18.6 Å². The van der Waals surface area contributed by atoms with Gasteiger partial charge < -0.3 is 14.4 Å². The van der Waals surface area contributed by atoms with E-state index in [0.717, 1.165) is 16.3 Å². The van der Waals surface area contributed by atoms with E-state index in [1.165, 1.54) is 6.20 Å². The molecule has 2 aromatic rings. The molecule has 9 nitrogen and oxygen atoms in total. The first kappa shape index (κ1) is 28.4. The van der Waals surface area contributed by atoms with Crippen molar-refractivity contribution in [2.24, 2.45) is 5.41 Å². The van der Waals surface area contributed by atoms with Crippen LogP contribution in [0.4, 0.5) is 4.39 Å². The number of aryl methyl sites for hydroxylation is 1. The van der Waals surface area contributed by atoms with Gasteiger partial charge in [0.2, 0.25) is 0 Å². The van der Waals surface area contributed by atoms with Gasteiger partial charge in [-0.25, -0.2) is 13.8 Å². The third kappa shape index (κ3) is 6.97. The number of aliphatic hydroxyl groups excluding tert-OH is 1. The van der Waals surface area contributed by atoms with Crippen molar-refractivity contribution < 1.29 is 32.6 Å². The van der Waals surface area contributed by atoms with Crippen LogP contribution < -0.4 is 10.2 Å². The first-order chi connectivity index (χ1) is 16.8. The number of hydrogen-bond acceptors (Lipinski definition) is 9. The number of carbonyl (C=O) groups excluding carboxylic acids is 1. The van der Waals surface area contributed by atoms with Gasteiger partial charge in [0.25, 0.3) is 0 Å². The van der Waals surface area contributed by atoms with E-state index in [1.807, 2.05) is 0 Å². The van der Waals surface area contributed by atoms with Gasteiger partial charge in [0, 0.05) is 11.9 Å². The monoisotopic (exact) mass is 542 g/mol. The Labute approximate surface area is 213 Å². The number of alkyl halides is 1. The number of esters is 1. The molecule has 5 atom stereocenters. The van der Waals surface area contributed by atoms with Crippen molar-refractivity contribution in [3.05, 3.63) is 58.8 Å². The SMILES string of the molecule is Cc1ccn([C@@H]2S[C@H](COP(=O)(CC(C)(C)C(=O)OC(C)C)Oc3ccccc3)[C@@H](O)[C@@H]2F)c(=O)n1. The van der Waals surface area contributed by atoms with E-state index in [2.05, 4.69) is 4.98 Å². The first-order valence-corrected chi connectivity index (χ1v) is 14.2. The number of benzene rings is 1. The summed E-state index contributed by atoms with van der Waals surface area (Å²) in [5, 5.41) is 8.65. The highest BCUT2D eigenvalue weighted by Gasteiger charge is 2.47. The minimum Gasteiger partial charge on any atom is -0.463 e. The van der Waals surface area contributed by atoms with Crippen LogP contribution in [-0.4, -0.2) is 57.0 Å². The molecule has 1 aromatic carbocycles. The van der Waals surface area contributed by atoms with Crippen LogP contribution in [0.3, 0.4) is 0 Å². The van der Waals surface area contributed by atoms with Crippen LogP contribution in [0.25, 0.3) is 0 Å². The summed E-state index contributed by atoms with van der Waals surface area (Å²) in [6, 6.07) is 9.92. The van der Waals surface area contributed by atoms with E-state index in [9.17, 15) is 23.7 Å². The van der Waals surface area contributed by atoms with Gasteiger partial charge in [0.15, 0.2) is 6.17 Å². The summed E-state index contributed by atoms with van der Waals surface area (Å²) >= 11 is 0.984. The van der Waals surface area contributed by atoms with Gasteiger partial charge in [-0.05, 0) is 52.8 Å².